The number of para-hydroxylation sites is 1. The number of hydrogen-bond donors (Lipinski definition) is 2. The number of nitrogens with one attached hydrogen (secondary N) is 2. The van der Waals surface area contributed by atoms with Crippen LogP contribution in [0.1, 0.15) is 16.7 Å². The summed E-state index contributed by atoms with van der Waals surface area (Å²) >= 11 is 0. The number of benzene rings is 2. The maximum Gasteiger partial charge on any atom is 0.411 e. The summed E-state index contributed by atoms with van der Waals surface area (Å²) in [5, 5.41) is 5.51. The Morgan fingerprint density at radius 2 is 1.68 bits per heavy atom. The first-order chi connectivity index (χ1) is 13.4. The normalized spacial score (nSPS) is 11.1. The second-order valence-corrected chi connectivity index (χ2v) is 6.10. The van der Waals surface area contributed by atoms with E-state index in [0.717, 1.165) is 16.9 Å². The Labute approximate surface area is 161 Å². The molecule has 0 spiro atoms. The third-order valence-electron chi connectivity index (χ3n) is 3.88. The van der Waals surface area contributed by atoms with Crippen LogP contribution in [-0.2, 0) is 24.3 Å². The maximum absolute atomic E-state index is 12.0. The molecule has 2 N–H and O–H groups in total. The summed E-state index contributed by atoms with van der Waals surface area (Å²) in [6.45, 7) is -0.617. The summed E-state index contributed by atoms with van der Waals surface area (Å²) in [5.74, 6) is 0.781. The van der Waals surface area contributed by atoms with Gasteiger partial charge in [0, 0.05) is 13.1 Å². The third kappa shape index (κ3) is 7.87. The van der Waals surface area contributed by atoms with Crippen molar-refractivity contribution in [2.24, 2.45) is 0 Å². The molecule has 5 nitrogen and oxygen atoms in total. The van der Waals surface area contributed by atoms with E-state index in [9.17, 15) is 18.0 Å². The molecule has 0 fully saturated rings. The number of carbonyl (C=O) groups is 1. The van der Waals surface area contributed by atoms with Gasteiger partial charge in [0.05, 0.1) is 13.7 Å². The molecule has 0 bridgehead atoms. The van der Waals surface area contributed by atoms with Crippen LogP contribution in [0, 0.1) is 0 Å². The van der Waals surface area contributed by atoms with Crippen molar-refractivity contribution in [1.29, 1.82) is 0 Å². The number of hydrogen-bond acceptors (Lipinski definition) is 3. The van der Waals surface area contributed by atoms with E-state index in [1.807, 2.05) is 24.3 Å². The number of amides is 2. The lowest BCUT2D eigenvalue weighted by Crippen LogP contribution is -2.36. The van der Waals surface area contributed by atoms with Gasteiger partial charge >= 0.3 is 12.2 Å². The molecule has 8 heteroatoms. The first kappa shape index (κ1) is 21.6. The van der Waals surface area contributed by atoms with Gasteiger partial charge in [-0.25, -0.2) is 4.79 Å². The minimum Gasteiger partial charge on any atom is -0.496 e. The lowest BCUT2D eigenvalue weighted by Gasteiger charge is -2.11. The van der Waals surface area contributed by atoms with Gasteiger partial charge in [-0.3, -0.25) is 0 Å². The number of halogens is 3. The Bertz CT molecular complexity index is 749. The number of methoxy groups -OCH3 is 1. The molecule has 2 aromatic rings. The van der Waals surface area contributed by atoms with Crippen LogP contribution in [0.2, 0.25) is 0 Å². The zero-order valence-electron chi connectivity index (χ0n) is 15.5. The molecule has 0 aliphatic carbocycles. The monoisotopic (exact) mass is 396 g/mol. The van der Waals surface area contributed by atoms with Crippen molar-refractivity contribution in [1.82, 2.24) is 10.6 Å². The van der Waals surface area contributed by atoms with Crippen LogP contribution in [0.5, 0.6) is 5.75 Å². The Hall–Kier alpha value is -2.74. The number of ether oxygens (including phenoxy) is 2. The van der Waals surface area contributed by atoms with Crippen molar-refractivity contribution in [3.05, 3.63) is 65.2 Å². The van der Waals surface area contributed by atoms with Crippen LogP contribution in [0.3, 0.4) is 0 Å². The summed E-state index contributed by atoms with van der Waals surface area (Å²) < 4.78 is 46.0. The highest BCUT2D eigenvalue weighted by Gasteiger charge is 2.27. The van der Waals surface area contributed by atoms with E-state index in [0.29, 0.717) is 25.1 Å². The van der Waals surface area contributed by atoms with Gasteiger partial charge in [0.2, 0.25) is 0 Å². The van der Waals surface area contributed by atoms with Gasteiger partial charge in [0.1, 0.15) is 12.4 Å². The summed E-state index contributed by atoms with van der Waals surface area (Å²) in [5.41, 5.74) is 2.47. The molecule has 2 rings (SSSR count). The highest BCUT2D eigenvalue weighted by molar-refractivity contribution is 5.73. The van der Waals surface area contributed by atoms with Gasteiger partial charge in [-0.05, 0) is 29.2 Å². The predicted octanol–water partition coefficient (Wildman–Crippen LogP) is 3.82. The van der Waals surface area contributed by atoms with Gasteiger partial charge in [-0.15, -0.1) is 0 Å². The molecule has 0 saturated heterocycles. The van der Waals surface area contributed by atoms with Gasteiger partial charge in [0.25, 0.3) is 0 Å². The molecule has 0 aliphatic heterocycles. The number of alkyl halides is 3. The summed E-state index contributed by atoms with van der Waals surface area (Å²) in [6, 6.07) is 14.1. The van der Waals surface area contributed by atoms with Crippen LogP contribution in [-0.4, -0.2) is 32.5 Å². The van der Waals surface area contributed by atoms with Crippen molar-refractivity contribution >= 4 is 6.03 Å². The minimum atomic E-state index is -4.33. The molecule has 2 amide bonds. The van der Waals surface area contributed by atoms with Crippen LogP contribution in [0.25, 0.3) is 0 Å². The zero-order valence-corrected chi connectivity index (χ0v) is 15.5. The Morgan fingerprint density at radius 1 is 1.00 bits per heavy atom. The SMILES string of the molecule is COc1ccccc1CCNC(=O)NCc1ccc(COCC(F)(F)F)cc1. The van der Waals surface area contributed by atoms with E-state index in [4.69, 9.17) is 4.74 Å². The van der Waals surface area contributed by atoms with E-state index in [1.54, 1.807) is 31.4 Å². The first-order valence-electron chi connectivity index (χ1n) is 8.73. The zero-order chi connectivity index (χ0) is 20.4. The van der Waals surface area contributed by atoms with Crippen LogP contribution in [0.15, 0.2) is 48.5 Å². The molecule has 0 radical (unpaired) electrons. The van der Waals surface area contributed by atoms with E-state index < -0.39 is 12.8 Å². The summed E-state index contributed by atoms with van der Waals surface area (Å²) in [7, 11) is 1.60. The number of carbonyl (C=O) groups excluding carboxylic acids is 1. The predicted molar refractivity (Wildman–Crippen MR) is 99.1 cm³/mol. The Balaban J connectivity index is 1.68. The van der Waals surface area contributed by atoms with Crippen molar-refractivity contribution in [3.63, 3.8) is 0 Å². The quantitative estimate of drug-likeness (QED) is 0.678. The molecular formula is C20H23F3N2O3. The van der Waals surface area contributed by atoms with Gasteiger partial charge < -0.3 is 20.1 Å². The fourth-order valence-electron chi connectivity index (χ4n) is 2.50. The Morgan fingerprint density at radius 3 is 2.36 bits per heavy atom. The second kappa shape index (κ2) is 10.6. The van der Waals surface area contributed by atoms with Gasteiger partial charge in [-0.2, -0.15) is 13.2 Å². The van der Waals surface area contributed by atoms with Gasteiger partial charge in [-0.1, -0.05) is 42.5 Å². The molecule has 2 aromatic carbocycles. The molecule has 0 unspecified atom stereocenters. The Kier molecular flexibility index (Phi) is 8.13. The standard InChI is InChI=1S/C20H23F3N2O3/c1-27-18-5-3-2-4-17(18)10-11-24-19(26)25-12-15-6-8-16(9-7-15)13-28-14-20(21,22)23/h2-9H,10-14H2,1H3,(H2,24,25,26). The van der Waals surface area contributed by atoms with Crippen molar-refractivity contribution in [2.45, 2.75) is 25.7 Å². The van der Waals surface area contributed by atoms with E-state index in [1.165, 1.54) is 0 Å². The molecule has 0 aliphatic rings. The molecule has 0 heterocycles. The maximum atomic E-state index is 12.0. The highest BCUT2D eigenvalue weighted by Crippen LogP contribution is 2.17. The highest BCUT2D eigenvalue weighted by atomic mass is 19.4. The van der Waals surface area contributed by atoms with Crippen molar-refractivity contribution in [2.75, 3.05) is 20.3 Å². The molecule has 0 aromatic heterocycles. The fraction of sp³-hybridized carbons (Fsp3) is 0.350. The van der Waals surface area contributed by atoms with Crippen LogP contribution < -0.4 is 15.4 Å². The molecule has 0 atom stereocenters. The van der Waals surface area contributed by atoms with Crippen molar-refractivity contribution in [3.8, 4) is 5.75 Å². The van der Waals surface area contributed by atoms with Crippen LogP contribution >= 0.6 is 0 Å². The average molecular weight is 396 g/mol. The van der Waals surface area contributed by atoms with E-state index in [-0.39, 0.29) is 12.6 Å². The van der Waals surface area contributed by atoms with E-state index in [2.05, 4.69) is 15.4 Å². The topological polar surface area (TPSA) is 59.6 Å². The van der Waals surface area contributed by atoms with Crippen molar-refractivity contribution < 1.29 is 27.4 Å². The summed E-state index contributed by atoms with van der Waals surface area (Å²) in [6.07, 6.45) is -3.69. The third-order valence-corrected chi connectivity index (χ3v) is 3.88. The lowest BCUT2D eigenvalue weighted by atomic mass is 10.1. The molecule has 28 heavy (non-hydrogen) atoms. The molecular weight excluding hydrogens is 373 g/mol. The van der Waals surface area contributed by atoms with E-state index >= 15 is 0 Å². The first-order valence-corrected chi connectivity index (χ1v) is 8.73. The minimum absolute atomic E-state index is 0.114. The molecule has 152 valence electrons. The summed E-state index contributed by atoms with van der Waals surface area (Å²) in [4.78, 5) is 11.9. The smallest absolute Gasteiger partial charge is 0.411 e. The fourth-order valence-corrected chi connectivity index (χ4v) is 2.50. The molecule has 0 saturated carbocycles. The van der Waals surface area contributed by atoms with Gasteiger partial charge in [0.15, 0.2) is 0 Å². The largest absolute Gasteiger partial charge is 0.496 e. The average Bonchev–Trinajstić information content (AvgIpc) is 2.67. The number of rotatable bonds is 9. The lowest BCUT2D eigenvalue weighted by molar-refractivity contribution is -0.176. The number of urea groups is 1. The van der Waals surface area contributed by atoms with Crippen LogP contribution in [0.4, 0.5) is 18.0 Å². The second-order valence-electron chi connectivity index (χ2n) is 6.10.